The van der Waals surface area contributed by atoms with Crippen molar-refractivity contribution in [2.75, 3.05) is 39.8 Å². The van der Waals surface area contributed by atoms with E-state index < -0.39 is 0 Å². The fourth-order valence-corrected chi connectivity index (χ4v) is 3.69. The van der Waals surface area contributed by atoms with E-state index in [1.54, 1.807) is 0 Å². The van der Waals surface area contributed by atoms with Gasteiger partial charge in [0.15, 0.2) is 0 Å². The molecule has 5 nitrogen and oxygen atoms in total. The van der Waals surface area contributed by atoms with E-state index in [9.17, 15) is 9.59 Å². The minimum atomic E-state index is -0.156. The van der Waals surface area contributed by atoms with Crippen molar-refractivity contribution in [1.29, 1.82) is 0 Å². The molecule has 3 amide bonds. The summed E-state index contributed by atoms with van der Waals surface area (Å²) in [7, 11) is 1.89. The number of rotatable bonds is 0. The molecule has 1 spiro atoms. The number of carbonyl (C=O) groups excluding carboxylic acids is 2. The average molecular weight is 265 g/mol. The normalized spacial score (nSPS) is 26.6. The third kappa shape index (κ3) is 2.09. The fraction of sp³-hybridized carbons (Fsp3) is 0.857. The zero-order valence-electron chi connectivity index (χ0n) is 11.7. The smallest absolute Gasteiger partial charge is 0.319 e. The molecule has 0 radical (unpaired) electrons. The minimum absolute atomic E-state index is 0.156. The number of hydrogen-bond donors (Lipinski definition) is 0. The van der Waals surface area contributed by atoms with Gasteiger partial charge in [0.25, 0.3) is 0 Å². The molecule has 19 heavy (non-hydrogen) atoms. The molecule has 0 aromatic heterocycles. The van der Waals surface area contributed by atoms with Crippen molar-refractivity contribution >= 4 is 11.9 Å². The predicted molar refractivity (Wildman–Crippen MR) is 71.7 cm³/mol. The van der Waals surface area contributed by atoms with Crippen LogP contribution in [0.2, 0.25) is 0 Å². The lowest BCUT2D eigenvalue weighted by Crippen LogP contribution is -2.50. The molecule has 0 bridgehead atoms. The second-order valence-electron chi connectivity index (χ2n) is 6.22. The number of urea groups is 1. The summed E-state index contributed by atoms with van der Waals surface area (Å²) >= 11 is 0. The first kappa shape index (κ1) is 12.8. The van der Waals surface area contributed by atoms with E-state index in [4.69, 9.17) is 0 Å². The van der Waals surface area contributed by atoms with Crippen LogP contribution in [0.5, 0.6) is 0 Å². The average Bonchev–Trinajstić information content (AvgIpc) is 3.05. The molecule has 3 saturated heterocycles. The van der Waals surface area contributed by atoms with E-state index in [2.05, 4.69) is 0 Å². The van der Waals surface area contributed by atoms with Gasteiger partial charge in [-0.05, 0) is 32.1 Å². The zero-order valence-corrected chi connectivity index (χ0v) is 11.7. The Balaban J connectivity index is 1.60. The van der Waals surface area contributed by atoms with Gasteiger partial charge in [-0.2, -0.15) is 0 Å². The summed E-state index contributed by atoms with van der Waals surface area (Å²) in [5, 5.41) is 0. The molecule has 0 saturated carbocycles. The van der Waals surface area contributed by atoms with Crippen LogP contribution in [0.1, 0.15) is 32.1 Å². The van der Waals surface area contributed by atoms with Crippen LogP contribution in [0.15, 0.2) is 0 Å². The Morgan fingerprint density at radius 2 is 1.47 bits per heavy atom. The maximum atomic E-state index is 12.3. The highest BCUT2D eigenvalue weighted by Gasteiger charge is 2.47. The lowest BCUT2D eigenvalue weighted by molar-refractivity contribution is -0.137. The van der Waals surface area contributed by atoms with E-state index in [1.165, 1.54) is 0 Å². The SMILES string of the molecule is CN1CCC2(CCN(C(=O)N3CCCC3)CC2)C1=O. The molecule has 3 fully saturated rings. The maximum absolute atomic E-state index is 12.3. The van der Waals surface area contributed by atoms with Crippen LogP contribution >= 0.6 is 0 Å². The van der Waals surface area contributed by atoms with Gasteiger partial charge in [-0.25, -0.2) is 4.79 Å². The Morgan fingerprint density at radius 3 is 2.00 bits per heavy atom. The van der Waals surface area contributed by atoms with Crippen molar-refractivity contribution in [3.8, 4) is 0 Å². The summed E-state index contributed by atoms with van der Waals surface area (Å²) in [4.78, 5) is 30.3. The van der Waals surface area contributed by atoms with Gasteiger partial charge >= 0.3 is 6.03 Å². The van der Waals surface area contributed by atoms with Gasteiger partial charge in [0.2, 0.25) is 5.91 Å². The van der Waals surface area contributed by atoms with Crippen molar-refractivity contribution in [2.24, 2.45) is 5.41 Å². The Kier molecular flexibility index (Phi) is 3.15. The number of amides is 3. The van der Waals surface area contributed by atoms with Gasteiger partial charge in [-0.15, -0.1) is 0 Å². The second kappa shape index (κ2) is 4.69. The third-order valence-electron chi connectivity index (χ3n) is 5.09. The number of carbonyl (C=O) groups is 2. The van der Waals surface area contributed by atoms with Gasteiger partial charge in [0, 0.05) is 39.8 Å². The molecule has 0 unspecified atom stereocenters. The summed E-state index contributed by atoms with van der Waals surface area (Å²) in [6.07, 6.45) is 4.92. The van der Waals surface area contributed by atoms with E-state index in [-0.39, 0.29) is 11.4 Å². The summed E-state index contributed by atoms with van der Waals surface area (Å²) in [6.45, 7) is 4.17. The molecule has 3 rings (SSSR count). The number of piperidine rings is 1. The number of nitrogens with zero attached hydrogens (tertiary/aromatic N) is 3. The van der Waals surface area contributed by atoms with Crippen molar-refractivity contribution in [2.45, 2.75) is 32.1 Å². The molecule has 0 aliphatic carbocycles. The molecule has 106 valence electrons. The van der Waals surface area contributed by atoms with Crippen LogP contribution in [-0.2, 0) is 4.79 Å². The molecule has 3 aliphatic rings. The highest BCUT2D eigenvalue weighted by molar-refractivity contribution is 5.85. The Hall–Kier alpha value is -1.26. The summed E-state index contributed by atoms with van der Waals surface area (Å²) in [5.41, 5.74) is -0.156. The molecule has 0 aromatic rings. The summed E-state index contributed by atoms with van der Waals surface area (Å²) in [6, 6.07) is 0.186. The van der Waals surface area contributed by atoms with E-state index in [0.29, 0.717) is 5.91 Å². The Morgan fingerprint density at radius 1 is 0.947 bits per heavy atom. The Bertz CT molecular complexity index is 382. The first-order chi connectivity index (χ1) is 9.12. The Labute approximate surface area is 114 Å². The van der Waals surface area contributed by atoms with Crippen LogP contribution in [0, 0.1) is 5.41 Å². The van der Waals surface area contributed by atoms with Crippen molar-refractivity contribution in [1.82, 2.24) is 14.7 Å². The van der Waals surface area contributed by atoms with Crippen LogP contribution in [0.4, 0.5) is 4.79 Å². The van der Waals surface area contributed by atoms with Crippen molar-refractivity contribution in [3.63, 3.8) is 0 Å². The summed E-state index contributed by atoms with van der Waals surface area (Å²) < 4.78 is 0. The molecule has 0 N–H and O–H groups in total. The van der Waals surface area contributed by atoms with Crippen LogP contribution < -0.4 is 0 Å². The molecule has 0 atom stereocenters. The number of hydrogen-bond acceptors (Lipinski definition) is 2. The predicted octanol–water partition coefficient (Wildman–Crippen LogP) is 1.15. The van der Waals surface area contributed by atoms with Crippen LogP contribution in [-0.4, -0.2) is 66.4 Å². The third-order valence-corrected chi connectivity index (χ3v) is 5.09. The number of likely N-dealkylation sites (tertiary alicyclic amines) is 3. The van der Waals surface area contributed by atoms with Gasteiger partial charge in [-0.1, -0.05) is 0 Å². The highest BCUT2D eigenvalue weighted by Crippen LogP contribution is 2.41. The second-order valence-corrected chi connectivity index (χ2v) is 6.22. The standard InChI is InChI=1S/C14H23N3O2/c1-15-9-4-14(12(15)18)5-10-17(11-6-14)13(19)16-7-2-3-8-16/h2-11H2,1H3. The molecule has 0 aromatic carbocycles. The zero-order chi connectivity index (χ0) is 13.5. The molecular weight excluding hydrogens is 242 g/mol. The van der Waals surface area contributed by atoms with Crippen LogP contribution in [0.25, 0.3) is 0 Å². The van der Waals surface area contributed by atoms with Crippen molar-refractivity contribution < 1.29 is 9.59 Å². The highest BCUT2D eigenvalue weighted by atomic mass is 16.2. The first-order valence-electron chi connectivity index (χ1n) is 7.42. The monoisotopic (exact) mass is 265 g/mol. The van der Waals surface area contributed by atoms with Gasteiger partial charge in [0.1, 0.15) is 0 Å². The maximum Gasteiger partial charge on any atom is 0.319 e. The fourth-order valence-electron chi connectivity index (χ4n) is 3.69. The van der Waals surface area contributed by atoms with E-state index in [0.717, 1.165) is 64.8 Å². The van der Waals surface area contributed by atoms with E-state index >= 15 is 0 Å². The lowest BCUT2D eigenvalue weighted by atomic mass is 9.77. The topological polar surface area (TPSA) is 43.9 Å². The van der Waals surface area contributed by atoms with Gasteiger partial charge < -0.3 is 14.7 Å². The van der Waals surface area contributed by atoms with Crippen LogP contribution in [0.3, 0.4) is 0 Å². The lowest BCUT2D eigenvalue weighted by Gasteiger charge is -2.39. The van der Waals surface area contributed by atoms with E-state index in [1.807, 2.05) is 21.7 Å². The minimum Gasteiger partial charge on any atom is -0.345 e. The molecule has 3 heterocycles. The molecule has 5 heteroatoms. The van der Waals surface area contributed by atoms with Crippen molar-refractivity contribution in [3.05, 3.63) is 0 Å². The largest absolute Gasteiger partial charge is 0.345 e. The molecular formula is C14H23N3O2. The quantitative estimate of drug-likeness (QED) is 0.659. The van der Waals surface area contributed by atoms with Gasteiger partial charge in [-0.3, -0.25) is 4.79 Å². The first-order valence-corrected chi connectivity index (χ1v) is 7.42. The summed E-state index contributed by atoms with van der Waals surface area (Å²) in [5.74, 6) is 0.292. The molecule has 3 aliphatic heterocycles. The van der Waals surface area contributed by atoms with Gasteiger partial charge in [0.05, 0.1) is 5.41 Å².